The molecule has 0 unspecified atom stereocenters. The number of benzene rings is 2. The Balaban J connectivity index is 1.91. The van der Waals surface area contributed by atoms with E-state index in [1.165, 1.54) is 12.1 Å². The molecular weight excluding hydrogens is 341 g/mol. The number of imidazole rings is 1. The monoisotopic (exact) mass is 355 g/mol. The highest BCUT2D eigenvalue weighted by atomic mass is 19.1. The van der Waals surface area contributed by atoms with E-state index in [1.54, 1.807) is 36.4 Å². The minimum absolute atomic E-state index is 0.315. The third kappa shape index (κ3) is 3.07. The molecule has 2 aromatic heterocycles. The van der Waals surface area contributed by atoms with Crippen LogP contribution in [0, 0.1) is 24.1 Å². The highest BCUT2D eigenvalue weighted by Gasteiger charge is 2.15. The Hall–Kier alpha value is -3.85. The number of aryl methyl sites for hydroxylation is 1. The Morgan fingerprint density at radius 1 is 1.00 bits per heavy atom. The highest BCUT2D eigenvalue weighted by Crippen LogP contribution is 2.33. The predicted octanol–water partition coefficient (Wildman–Crippen LogP) is 5.74. The summed E-state index contributed by atoms with van der Waals surface area (Å²) in [5.41, 5.74) is 3.99. The van der Waals surface area contributed by atoms with E-state index in [9.17, 15) is 9.65 Å². The molecule has 0 saturated carbocycles. The molecule has 2 heterocycles. The summed E-state index contributed by atoms with van der Waals surface area (Å²) in [4.78, 5) is 4.69. The first kappa shape index (κ1) is 16.6. The van der Waals surface area contributed by atoms with Crippen molar-refractivity contribution >= 4 is 17.2 Å². The minimum Gasteiger partial charge on any atom is -0.282 e. The van der Waals surface area contributed by atoms with Gasteiger partial charge in [0, 0.05) is 11.8 Å². The standard InChI is InChI=1S/C21H14FN5/c1-14-5-4-12-27-20(14)24-19(15-8-10-17(22)11-9-15)21(27)26-25-18-7-3-2-6-16(18)13-23/h2-12H,1H3. The normalized spacial score (nSPS) is 11.1. The first-order chi connectivity index (χ1) is 13.2. The van der Waals surface area contributed by atoms with Gasteiger partial charge in [-0.3, -0.25) is 4.40 Å². The van der Waals surface area contributed by atoms with E-state index < -0.39 is 0 Å². The number of hydrogen-bond acceptors (Lipinski definition) is 4. The SMILES string of the molecule is Cc1cccn2c(N=Nc3ccccc3C#N)c(-c3ccc(F)cc3)nc12. The van der Waals surface area contributed by atoms with E-state index in [0.29, 0.717) is 22.8 Å². The van der Waals surface area contributed by atoms with E-state index in [-0.39, 0.29) is 5.82 Å². The van der Waals surface area contributed by atoms with Gasteiger partial charge in [-0.1, -0.05) is 18.2 Å². The molecule has 4 aromatic rings. The van der Waals surface area contributed by atoms with Gasteiger partial charge in [0.1, 0.15) is 28.9 Å². The smallest absolute Gasteiger partial charge is 0.187 e. The number of hydrogen-bond donors (Lipinski definition) is 0. The number of rotatable bonds is 3. The molecule has 0 bridgehead atoms. The number of nitrogens with zero attached hydrogens (tertiary/aromatic N) is 5. The molecule has 6 heteroatoms. The number of nitriles is 1. The Morgan fingerprint density at radius 2 is 1.78 bits per heavy atom. The van der Waals surface area contributed by atoms with Gasteiger partial charge < -0.3 is 0 Å². The summed E-state index contributed by atoms with van der Waals surface area (Å²) in [7, 11) is 0. The summed E-state index contributed by atoms with van der Waals surface area (Å²) in [5, 5.41) is 17.9. The van der Waals surface area contributed by atoms with Gasteiger partial charge in [-0.15, -0.1) is 10.2 Å². The van der Waals surface area contributed by atoms with Crippen molar-refractivity contribution in [3.8, 4) is 17.3 Å². The van der Waals surface area contributed by atoms with Gasteiger partial charge in [0.05, 0.1) is 5.56 Å². The lowest BCUT2D eigenvalue weighted by molar-refractivity contribution is 0.628. The van der Waals surface area contributed by atoms with Gasteiger partial charge in [0.25, 0.3) is 0 Å². The Bertz CT molecular complexity index is 1200. The van der Waals surface area contributed by atoms with Crippen LogP contribution in [0.2, 0.25) is 0 Å². The van der Waals surface area contributed by atoms with Crippen LogP contribution in [-0.2, 0) is 0 Å². The summed E-state index contributed by atoms with van der Waals surface area (Å²) in [6.07, 6.45) is 1.85. The van der Waals surface area contributed by atoms with Crippen molar-refractivity contribution < 1.29 is 4.39 Å². The molecule has 4 rings (SSSR count). The van der Waals surface area contributed by atoms with Crippen LogP contribution in [0.4, 0.5) is 15.9 Å². The second-order valence-corrected chi connectivity index (χ2v) is 6.00. The van der Waals surface area contributed by atoms with Gasteiger partial charge >= 0.3 is 0 Å². The molecule has 27 heavy (non-hydrogen) atoms. The Kier molecular flexibility index (Phi) is 4.19. The lowest BCUT2D eigenvalue weighted by atomic mass is 10.1. The van der Waals surface area contributed by atoms with Gasteiger partial charge in [-0.2, -0.15) is 5.26 Å². The van der Waals surface area contributed by atoms with Crippen LogP contribution in [0.1, 0.15) is 11.1 Å². The molecular formula is C21H14FN5. The molecule has 0 spiro atoms. The molecule has 0 amide bonds. The summed E-state index contributed by atoms with van der Waals surface area (Å²) >= 11 is 0. The summed E-state index contributed by atoms with van der Waals surface area (Å²) in [5.74, 6) is 0.206. The highest BCUT2D eigenvalue weighted by molar-refractivity contribution is 5.75. The van der Waals surface area contributed by atoms with Crippen molar-refractivity contribution in [1.29, 1.82) is 5.26 Å². The zero-order valence-corrected chi connectivity index (χ0v) is 14.5. The molecule has 0 fully saturated rings. The lowest BCUT2D eigenvalue weighted by Gasteiger charge is -2.01. The van der Waals surface area contributed by atoms with Gasteiger partial charge in [-0.25, -0.2) is 9.37 Å². The van der Waals surface area contributed by atoms with Crippen molar-refractivity contribution in [3.05, 3.63) is 83.8 Å². The Morgan fingerprint density at radius 3 is 2.56 bits per heavy atom. The van der Waals surface area contributed by atoms with Crippen LogP contribution in [0.15, 0.2) is 77.1 Å². The van der Waals surface area contributed by atoms with Crippen LogP contribution in [0.25, 0.3) is 16.9 Å². The molecule has 0 aliphatic carbocycles. The van der Waals surface area contributed by atoms with Crippen LogP contribution in [-0.4, -0.2) is 9.38 Å². The average molecular weight is 355 g/mol. The largest absolute Gasteiger partial charge is 0.282 e. The summed E-state index contributed by atoms with van der Waals surface area (Å²) in [6.45, 7) is 1.96. The predicted molar refractivity (Wildman–Crippen MR) is 101 cm³/mol. The molecule has 0 atom stereocenters. The summed E-state index contributed by atoms with van der Waals surface area (Å²) < 4.78 is 15.2. The number of halogens is 1. The molecule has 0 aliphatic rings. The third-order valence-corrected chi connectivity index (χ3v) is 4.21. The molecule has 130 valence electrons. The van der Waals surface area contributed by atoms with E-state index in [4.69, 9.17) is 0 Å². The molecule has 0 aliphatic heterocycles. The van der Waals surface area contributed by atoms with Crippen LogP contribution in [0.5, 0.6) is 0 Å². The van der Waals surface area contributed by atoms with Crippen molar-refractivity contribution in [2.45, 2.75) is 6.92 Å². The quantitative estimate of drug-likeness (QED) is 0.440. The molecule has 0 radical (unpaired) electrons. The minimum atomic E-state index is -0.315. The van der Waals surface area contributed by atoms with E-state index in [2.05, 4.69) is 21.3 Å². The van der Waals surface area contributed by atoms with E-state index in [1.807, 2.05) is 29.7 Å². The van der Waals surface area contributed by atoms with Crippen molar-refractivity contribution in [2.75, 3.05) is 0 Å². The van der Waals surface area contributed by atoms with Crippen LogP contribution in [0.3, 0.4) is 0 Å². The number of azo groups is 1. The Labute approximate surface area is 155 Å². The van der Waals surface area contributed by atoms with Crippen LogP contribution < -0.4 is 0 Å². The fraction of sp³-hybridized carbons (Fsp3) is 0.0476. The van der Waals surface area contributed by atoms with Crippen molar-refractivity contribution in [1.82, 2.24) is 9.38 Å². The maximum atomic E-state index is 13.3. The zero-order valence-electron chi connectivity index (χ0n) is 14.5. The maximum absolute atomic E-state index is 13.3. The molecule has 0 saturated heterocycles. The first-order valence-electron chi connectivity index (χ1n) is 8.32. The third-order valence-electron chi connectivity index (χ3n) is 4.21. The fourth-order valence-electron chi connectivity index (χ4n) is 2.85. The van der Waals surface area contributed by atoms with Gasteiger partial charge in [-0.05, 0) is 55.0 Å². The van der Waals surface area contributed by atoms with E-state index >= 15 is 0 Å². The van der Waals surface area contributed by atoms with E-state index in [0.717, 1.165) is 16.8 Å². The molecule has 2 aromatic carbocycles. The maximum Gasteiger partial charge on any atom is 0.187 e. The lowest BCUT2D eigenvalue weighted by Crippen LogP contribution is -1.85. The second-order valence-electron chi connectivity index (χ2n) is 6.00. The second kappa shape index (κ2) is 6.81. The zero-order chi connectivity index (χ0) is 18.8. The average Bonchev–Trinajstić information content (AvgIpc) is 3.07. The first-order valence-corrected chi connectivity index (χ1v) is 8.32. The van der Waals surface area contributed by atoms with Crippen molar-refractivity contribution in [2.24, 2.45) is 10.2 Å². The number of fused-ring (bicyclic) bond motifs is 1. The topological polar surface area (TPSA) is 65.8 Å². The van der Waals surface area contributed by atoms with Gasteiger partial charge in [0.2, 0.25) is 0 Å². The number of aromatic nitrogens is 2. The van der Waals surface area contributed by atoms with Gasteiger partial charge in [0.15, 0.2) is 5.82 Å². The summed E-state index contributed by atoms with van der Waals surface area (Å²) in [6, 6.07) is 19.1. The molecule has 5 nitrogen and oxygen atoms in total. The van der Waals surface area contributed by atoms with Crippen LogP contribution >= 0.6 is 0 Å². The van der Waals surface area contributed by atoms with Crippen molar-refractivity contribution in [3.63, 3.8) is 0 Å². The number of pyridine rings is 1. The fourth-order valence-corrected chi connectivity index (χ4v) is 2.85. The molecule has 0 N–H and O–H groups in total.